The monoisotopic (exact) mass is 476 g/mol. The molecule has 0 saturated carbocycles. The molecular weight excluding hydrogens is 452 g/mol. The summed E-state index contributed by atoms with van der Waals surface area (Å²) in [5.74, 6) is -2.35. The number of carbonyl (C=O) groups excluding carboxylic acids is 3. The number of nitrogens with zero attached hydrogens (tertiary/aromatic N) is 1. The SMILES string of the molecule is CC(=O)[C@H](CN1C(=O)c2ccccc2C1=O)[C@H](NS(=O)(=O)c1ccc(C)cc1)c1ccccc1. The van der Waals surface area contributed by atoms with Gasteiger partial charge >= 0.3 is 0 Å². The Morgan fingerprint density at radius 2 is 1.38 bits per heavy atom. The van der Waals surface area contributed by atoms with Gasteiger partial charge in [0.2, 0.25) is 10.0 Å². The summed E-state index contributed by atoms with van der Waals surface area (Å²) in [4.78, 5) is 39.7. The predicted octanol–water partition coefficient (Wildman–Crippen LogP) is 3.52. The lowest BCUT2D eigenvalue weighted by Crippen LogP contribution is -2.44. The van der Waals surface area contributed by atoms with Crippen molar-refractivity contribution in [2.75, 3.05) is 6.54 Å². The number of fused-ring (bicyclic) bond motifs is 1. The Labute approximate surface area is 198 Å². The third kappa shape index (κ3) is 4.55. The molecule has 0 spiro atoms. The van der Waals surface area contributed by atoms with Crippen molar-refractivity contribution in [3.05, 3.63) is 101 Å². The molecule has 1 heterocycles. The quantitative estimate of drug-likeness (QED) is 0.502. The van der Waals surface area contributed by atoms with Crippen LogP contribution in [0.5, 0.6) is 0 Å². The van der Waals surface area contributed by atoms with Gasteiger partial charge in [0.05, 0.1) is 28.0 Å². The second-order valence-electron chi connectivity index (χ2n) is 8.31. The van der Waals surface area contributed by atoms with Crippen molar-refractivity contribution in [3.8, 4) is 0 Å². The minimum Gasteiger partial charge on any atom is -0.300 e. The van der Waals surface area contributed by atoms with Crippen LogP contribution in [0.15, 0.2) is 83.8 Å². The molecule has 4 rings (SSSR count). The molecule has 0 unspecified atom stereocenters. The van der Waals surface area contributed by atoms with Crippen LogP contribution in [0.2, 0.25) is 0 Å². The van der Waals surface area contributed by atoms with Crippen LogP contribution < -0.4 is 4.72 Å². The molecule has 174 valence electrons. The first-order valence-electron chi connectivity index (χ1n) is 10.8. The fourth-order valence-corrected chi connectivity index (χ4v) is 5.33. The molecule has 0 fully saturated rings. The number of nitrogens with one attached hydrogen (secondary N) is 1. The van der Waals surface area contributed by atoms with Gasteiger partial charge in [0.15, 0.2) is 0 Å². The number of carbonyl (C=O) groups is 3. The average Bonchev–Trinajstić information content (AvgIpc) is 3.06. The van der Waals surface area contributed by atoms with E-state index in [0.29, 0.717) is 5.56 Å². The highest BCUT2D eigenvalue weighted by atomic mass is 32.2. The summed E-state index contributed by atoms with van der Waals surface area (Å²) < 4.78 is 29.1. The van der Waals surface area contributed by atoms with Crippen molar-refractivity contribution >= 4 is 27.6 Å². The molecule has 1 aliphatic rings. The normalized spacial score (nSPS) is 15.2. The molecule has 3 aromatic rings. The van der Waals surface area contributed by atoms with Crippen LogP contribution in [0, 0.1) is 12.8 Å². The number of amides is 2. The van der Waals surface area contributed by atoms with Crippen molar-refractivity contribution in [2.45, 2.75) is 24.8 Å². The van der Waals surface area contributed by atoms with E-state index in [2.05, 4.69) is 4.72 Å². The zero-order valence-electron chi connectivity index (χ0n) is 18.8. The van der Waals surface area contributed by atoms with E-state index in [9.17, 15) is 22.8 Å². The smallest absolute Gasteiger partial charge is 0.261 e. The second kappa shape index (κ2) is 9.32. The molecule has 3 aromatic carbocycles. The zero-order chi connectivity index (χ0) is 24.5. The van der Waals surface area contributed by atoms with Crippen LogP contribution in [-0.4, -0.2) is 37.5 Å². The Bertz CT molecular complexity index is 1320. The highest BCUT2D eigenvalue weighted by Crippen LogP contribution is 2.30. The minimum absolute atomic E-state index is 0.0575. The maximum atomic E-state index is 13.2. The molecule has 0 aliphatic carbocycles. The molecule has 1 N–H and O–H groups in total. The summed E-state index contributed by atoms with van der Waals surface area (Å²) in [7, 11) is -4.01. The third-order valence-electron chi connectivity index (χ3n) is 5.95. The van der Waals surface area contributed by atoms with Gasteiger partial charge < -0.3 is 0 Å². The molecular formula is C26H24N2O5S. The van der Waals surface area contributed by atoms with Gasteiger partial charge in [-0.05, 0) is 43.7 Å². The number of sulfonamides is 1. The fourth-order valence-electron chi connectivity index (χ4n) is 4.07. The highest BCUT2D eigenvalue weighted by molar-refractivity contribution is 7.89. The van der Waals surface area contributed by atoms with E-state index in [1.807, 2.05) is 6.92 Å². The summed E-state index contributed by atoms with van der Waals surface area (Å²) in [6, 6.07) is 20.5. The van der Waals surface area contributed by atoms with Crippen LogP contribution in [0.4, 0.5) is 0 Å². The second-order valence-corrected chi connectivity index (χ2v) is 10.0. The van der Waals surface area contributed by atoms with Gasteiger partial charge in [-0.25, -0.2) is 13.1 Å². The van der Waals surface area contributed by atoms with Gasteiger partial charge in [-0.1, -0.05) is 60.2 Å². The van der Waals surface area contributed by atoms with Gasteiger partial charge in [-0.15, -0.1) is 0 Å². The minimum atomic E-state index is -4.01. The Hall–Kier alpha value is -3.62. The van der Waals surface area contributed by atoms with Crippen molar-refractivity contribution < 1.29 is 22.8 Å². The number of Topliss-reactive ketones (excluding diaryl/α,β-unsaturated/α-hetero) is 1. The van der Waals surface area contributed by atoms with Crippen LogP contribution >= 0.6 is 0 Å². The lowest BCUT2D eigenvalue weighted by Gasteiger charge is -2.29. The van der Waals surface area contributed by atoms with Crippen LogP contribution in [0.3, 0.4) is 0 Å². The average molecular weight is 477 g/mol. The Kier molecular flexibility index (Phi) is 6.45. The molecule has 7 nitrogen and oxygen atoms in total. The summed E-state index contributed by atoms with van der Waals surface area (Å²) in [6.07, 6.45) is 0. The van der Waals surface area contributed by atoms with Crippen LogP contribution in [-0.2, 0) is 14.8 Å². The Balaban J connectivity index is 1.71. The number of hydrogen-bond donors (Lipinski definition) is 1. The molecule has 0 saturated heterocycles. The number of hydrogen-bond acceptors (Lipinski definition) is 5. The Morgan fingerprint density at radius 1 is 0.853 bits per heavy atom. The molecule has 0 radical (unpaired) electrons. The first-order chi connectivity index (χ1) is 16.2. The van der Waals surface area contributed by atoms with Gasteiger partial charge in [0.25, 0.3) is 11.8 Å². The highest BCUT2D eigenvalue weighted by Gasteiger charge is 2.40. The van der Waals surface area contributed by atoms with Crippen molar-refractivity contribution in [2.24, 2.45) is 5.92 Å². The van der Waals surface area contributed by atoms with Crippen LogP contribution in [0.1, 0.15) is 44.8 Å². The van der Waals surface area contributed by atoms with E-state index in [0.717, 1.165) is 10.5 Å². The molecule has 34 heavy (non-hydrogen) atoms. The largest absolute Gasteiger partial charge is 0.300 e. The van der Waals surface area contributed by atoms with E-state index in [1.54, 1.807) is 66.7 Å². The van der Waals surface area contributed by atoms with E-state index in [-0.39, 0.29) is 28.4 Å². The fraction of sp³-hybridized carbons (Fsp3) is 0.192. The van der Waals surface area contributed by atoms with E-state index < -0.39 is 33.8 Å². The first-order valence-corrected chi connectivity index (χ1v) is 12.3. The molecule has 0 aromatic heterocycles. The van der Waals surface area contributed by atoms with E-state index in [4.69, 9.17) is 0 Å². The number of aryl methyl sites for hydroxylation is 1. The summed E-state index contributed by atoms with van der Waals surface area (Å²) >= 11 is 0. The van der Waals surface area contributed by atoms with Crippen LogP contribution in [0.25, 0.3) is 0 Å². The van der Waals surface area contributed by atoms with Gasteiger partial charge in [0.1, 0.15) is 5.78 Å². The van der Waals surface area contributed by atoms with E-state index >= 15 is 0 Å². The lowest BCUT2D eigenvalue weighted by molar-refractivity contribution is -0.121. The van der Waals surface area contributed by atoms with Gasteiger partial charge in [-0.3, -0.25) is 19.3 Å². The molecule has 1 aliphatic heterocycles. The van der Waals surface area contributed by atoms with E-state index in [1.165, 1.54) is 19.1 Å². The number of rotatable bonds is 8. The number of benzene rings is 3. The van der Waals surface area contributed by atoms with Crippen molar-refractivity contribution in [1.29, 1.82) is 0 Å². The predicted molar refractivity (Wildman–Crippen MR) is 127 cm³/mol. The molecule has 0 bridgehead atoms. The molecule has 8 heteroatoms. The summed E-state index contributed by atoms with van der Waals surface area (Å²) in [5.41, 5.74) is 2.00. The van der Waals surface area contributed by atoms with Crippen molar-refractivity contribution in [3.63, 3.8) is 0 Å². The zero-order valence-corrected chi connectivity index (χ0v) is 19.6. The Morgan fingerprint density at radius 3 is 1.91 bits per heavy atom. The summed E-state index contributed by atoms with van der Waals surface area (Å²) in [6.45, 7) is 2.93. The number of imide groups is 1. The summed E-state index contributed by atoms with van der Waals surface area (Å²) in [5, 5.41) is 0. The maximum absolute atomic E-state index is 13.2. The standard InChI is InChI=1S/C26H24N2O5S/c1-17-12-14-20(15-13-17)34(32,33)27-24(19-8-4-3-5-9-19)23(18(2)29)16-28-25(30)21-10-6-7-11-22(21)26(28)31/h3-15,23-24,27H,16H2,1-2H3/t23-,24+/m0/s1. The molecule has 2 amide bonds. The first kappa shape index (κ1) is 23.5. The third-order valence-corrected chi connectivity index (χ3v) is 7.41. The maximum Gasteiger partial charge on any atom is 0.261 e. The number of ketones is 1. The van der Waals surface area contributed by atoms with Gasteiger partial charge in [-0.2, -0.15) is 0 Å². The lowest BCUT2D eigenvalue weighted by atomic mass is 9.90. The van der Waals surface area contributed by atoms with Gasteiger partial charge in [0, 0.05) is 6.54 Å². The topological polar surface area (TPSA) is 101 Å². The van der Waals surface area contributed by atoms with Crippen molar-refractivity contribution in [1.82, 2.24) is 9.62 Å². The molecule has 2 atom stereocenters.